The quantitative estimate of drug-likeness (QED) is 0.261. The SMILES string of the molecule is CCC/C=C/CCCCCNCCCCCCCCC. The molecule has 1 nitrogen and oxygen atoms in total. The molecular weight excluding hydrogens is 242 g/mol. The van der Waals surface area contributed by atoms with Gasteiger partial charge in [-0.05, 0) is 45.2 Å². The van der Waals surface area contributed by atoms with Crippen LogP contribution in [-0.4, -0.2) is 13.1 Å². The first kappa shape index (κ1) is 19.7. The lowest BCUT2D eigenvalue weighted by Crippen LogP contribution is -2.16. The molecule has 120 valence electrons. The van der Waals surface area contributed by atoms with Crippen molar-refractivity contribution in [1.82, 2.24) is 5.32 Å². The minimum absolute atomic E-state index is 1.22. The van der Waals surface area contributed by atoms with Crippen molar-refractivity contribution in [1.29, 1.82) is 0 Å². The average molecular weight is 282 g/mol. The monoisotopic (exact) mass is 281 g/mol. The summed E-state index contributed by atoms with van der Waals surface area (Å²) < 4.78 is 0. The number of unbranched alkanes of at least 4 members (excludes halogenated alkanes) is 10. The Hall–Kier alpha value is -0.300. The molecule has 0 radical (unpaired) electrons. The molecule has 0 unspecified atom stereocenters. The van der Waals surface area contributed by atoms with Gasteiger partial charge in [-0.15, -0.1) is 0 Å². The Morgan fingerprint density at radius 2 is 1.10 bits per heavy atom. The molecule has 0 saturated heterocycles. The molecular formula is C19H39N. The van der Waals surface area contributed by atoms with Crippen LogP contribution in [0.15, 0.2) is 12.2 Å². The predicted molar refractivity (Wildman–Crippen MR) is 93.4 cm³/mol. The molecule has 0 bridgehead atoms. The van der Waals surface area contributed by atoms with E-state index in [-0.39, 0.29) is 0 Å². The zero-order valence-corrected chi connectivity index (χ0v) is 14.3. The van der Waals surface area contributed by atoms with E-state index in [0.717, 1.165) is 0 Å². The van der Waals surface area contributed by atoms with Gasteiger partial charge in [0, 0.05) is 0 Å². The van der Waals surface area contributed by atoms with Crippen molar-refractivity contribution in [2.24, 2.45) is 0 Å². The summed E-state index contributed by atoms with van der Waals surface area (Å²) >= 11 is 0. The lowest BCUT2D eigenvalue weighted by atomic mass is 10.1. The molecule has 20 heavy (non-hydrogen) atoms. The van der Waals surface area contributed by atoms with Gasteiger partial charge in [0.25, 0.3) is 0 Å². The maximum atomic E-state index is 3.58. The number of nitrogens with one attached hydrogen (secondary N) is 1. The molecule has 0 rings (SSSR count). The molecule has 1 heteroatoms. The Morgan fingerprint density at radius 1 is 0.550 bits per heavy atom. The van der Waals surface area contributed by atoms with Crippen molar-refractivity contribution < 1.29 is 0 Å². The van der Waals surface area contributed by atoms with E-state index in [1.54, 1.807) is 0 Å². The van der Waals surface area contributed by atoms with Gasteiger partial charge in [-0.3, -0.25) is 0 Å². The topological polar surface area (TPSA) is 12.0 Å². The second-order valence-corrected chi connectivity index (χ2v) is 5.98. The van der Waals surface area contributed by atoms with Crippen LogP contribution in [-0.2, 0) is 0 Å². The number of allylic oxidation sites excluding steroid dienone is 2. The molecule has 0 atom stereocenters. The molecule has 0 aromatic carbocycles. The molecule has 0 heterocycles. The summed E-state index contributed by atoms with van der Waals surface area (Å²) in [4.78, 5) is 0. The fourth-order valence-electron chi connectivity index (χ4n) is 2.42. The van der Waals surface area contributed by atoms with Crippen molar-refractivity contribution in [2.45, 2.75) is 97.3 Å². The highest BCUT2D eigenvalue weighted by molar-refractivity contribution is 4.80. The van der Waals surface area contributed by atoms with Gasteiger partial charge < -0.3 is 5.32 Å². The van der Waals surface area contributed by atoms with Gasteiger partial charge in [0.2, 0.25) is 0 Å². The standard InChI is InChI=1S/C19H39N/c1-3-5-7-9-11-13-15-17-19-20-18-16-14-12-10-8-6-4-2/h7,9,20H,3-6,8,10-19H2,1-2H3/b9-7+. The van der Waals surface area contributed by atoms with Crippen LogP contribution in [0.1, 0.15) is 97.3 Å². The fourth-order valence-corrected chi connectivity index (χ4v) is 2.42. The van der Waals surface area contributed by atoms with Crippen molar-refractivity contribution in [3.63, 3.8) is 0 Å². The summed E-state index contributed by atoms with van der Waals surface area (Å²) in [6.07, 6.45) is 22.5. The highest BCUT2D eigenvalue weighted by Crippen LogP contribution is 2.06. The first-order valence-corrected chi connectivity index (χ1v) is 9.27. The van der Waals surface area contributed by atoms with Gasteiger partial charge in [0.05, 0.1) is 0 Å². The van der Waals surface area contributed by atoms with E-state index in [1.807, 2.05) is 0 Å². The predicted octanol–water partition coefficient (Wildman–Crippen LogP) is 6.24. The van der Waals surface area contributed by atoms with Crippen LogP contribution >= 0.6 is 0 Å². The van der Waals surface area contributed by atoms with Crippen LogP contribution in [0.2, 0.25) is 0 Å². The van der Waals surface area contributed by atoms with E-state index in [9.17, 15) is 0 Å². The molecule has 1 N–H and O–H groups in total. The Labute approximate surface area is 128 Å². The maximum absolute atomic E-state index is 3.58. The summed E-state index contributed by atoms with van der Waals surface area (Å²) in [6.45, 7) is 6.96. The Bertz CT molecular complexity index is 186. The summed E-state index contributed by atoms with van der Waals surface area (Å²) in [5.74, 6) is 0. The smallest absolute Gasteiger partial charge is 0.00489 e. The highest BCUT2D eigenvalue weighted by atomic mass is 14.8. The largest absolute Gasteiger partial charge is 0.317 e. The zero-order chi connectivity index (χ0) is 14.7. The van der Waals surface area contributed by atoms with Gasteiger partial charge in [-0.25, -0.2) is 0 Å². The Morgan fingerprint density at radius 3 is 1.75 bits per heavy atom. The third kappa shape index (κ3) is 17.7. The lowest BCUT2D eigenvalue weighted by Gasteiger charge is -2.04. The van der Waals surface area contributed by atoms with Crippen LogP contribution in [0.5, 0.6) is 0 Å². The van der Waals surface area contributed by atoms with Crippen LogP contribution in [0, 0.1) is 0 Å². The summed E-state index contributed by atoms with van der Waals surface area (Å²) in [5.41, 5.74) is 0. The van der Waals surface area contributed by atoms with E-state index >= 15 is 0 Å². The van der Waals surface area contributed by atoms with Gasteiger partial charge in [0.15, 0.2) is 0 Å². The lowest BCUT2D eigenvalue weighted by molar-refractivity contribution is 0.548. The maximum Gasteiger partial charge on any atom is -0.00489 e. The van der Waals surface area contributed by atoms with E-state index in [1.165, 1.54) is 96.6 Å². The van der Waals surface area contributed by atoms with E-state index in [0.29, 0.717) is 0 Å². The fraction of sp³-hybridized carbons (Fsp3) is 0.895. The number of hydrogen-bond donors (Lipinski definition) is 1. The first-order chi connectivity index (χ1) is 9.91. The van der Waals surface area contributed by atoms with Crippen LogP contribution in [0.4, 0.5) is 0 Å². The molecule has 0 amide bonds. The van der Waals surface area contributed by atoms with E-state index in [2.05, 4.69) is 31.3 Å². The molecule has 0 aliphatic heterocycles. The van der Waals surface area contributed by atoms with Crippen molar-refractivity contribution in [3.8, 4) is 0 Å². The summed E-state index contributed by atoms with van der Waals surface area (Å²) in [6, 6.07) is 0. The van der Waals surface area contributed by atoms with E-state index < -0.39 is 0 Å². The van der Waals surface area contributed by atoms with Crippen LogP contribution < -0.4 is 5.32 Å². The van der Waals surface area contributed by atoms with Gasteiger partial charge in [0.1, 0.15) is 0 Å². The van der Waals surface area contributed by atoms with Crippen LogP contribution in [0.25, 0.3) is 0 Å². The van der Waals surface area contributed by atoms with E-state index in [4.69, 9.17) is 0 Å². The molecule has 0 aliphatic rings. The van der Waals surface area contributed by atoms with Crippen molar-refractivity contribution in [2.75, 3.05) is 13.1 Å². The van der Waals surface area contributed by atoms with Gasteiger partial charge in [-0.1, -0.05) is 77.4 Å². The average Bonchev–Trinajstić information content (AvgIpc) is 2.47. The second kappa shape index (κ2) is 18.7. The molecule has 0 aliphatic carbocycles. The molecule has 0 saturated carbocycles. The van der Waals surface area contributed by atoms with Gasteiger partial charge in [-0.2, -0.15) is 0 Å². The zero-order valence-electron chi connectivity index (χ0n) is 14.3. The Kier molecular flexibility index (Phi) is 18.4. The van der Waals surface area contributed by atoms with Gasteiger partial charge >= 0.3 is 0 Å². The normalized spacial score (nSPS) is 11.5. The summed E-state index contributed by atoms with van der Waals surface area (Å²) in [7, 11) is 0. The molecule has 0 aromatic heterocycles. The molecule has 0 fully saturated rings. The number of rotatable bonds is 16. The molecule has 0 spiro atoms. The molecule has 0 aromatic rings. The summed E-state index contributed by atoms with van der Waals surface area (Å²) in [5, 5.41) is 3.58. The minimum atomic E-state index is 1.22. The van der Waals surface area contributed by atoms with Crippen molar-refractivity contribution >= 4 is 0 Å². The number of hydrogen-bond acceptors (Lipinski definition) is 1. The third-order valence-corrected chi connectivity index (χ3v) is 3.80. The third-order valence-electron chi connectivity index (χ3n) is 3.80. The Balaban J connectivity index is 2.96. The first-order valence-electron chi connectivity index (χ1n) is 9.27. The minimum Gasteiger partial charge on any atom is -0.317 e. The van der Waals surface area contributed by atoms with Crippen LogP contribution in [0.3, 0.4) is 0 Å². The van der Waals surface area contributed by atoms with Crippen molar-refractivity contribution in [3.05, 3.63) is 12.2 Å². The second-order valence-electron chi connectivity index (χ2n) is 5.98. The highest BCUT2D eigenvalue weighted by Gasteiger charge is 1.92.